The Morgan fingerprint density at radius 1 is 1.10 bits per heavy atom. The first kappa shape index (κ1) is 14.9. The van der Waals surface area contributed by atoms with Gasteiger partial charge in [0.15, 0.2) is 0 Å². The molecule has 0 bridgehead atoms. The van der Waals surface area contributed by atoms with Gasteiger partial charge in [-0.1, -0.05) is 69.2 Å². The molecule has 1 heteroatoms. The quantitative estimate of drug-likeness (QED) is 0.591. The van der Waals surface area contributed by atoms with Gasteiger partial charge in [-0.15, -0.1) is 11.6 Å². The van der Waals surface area contributed by atoms with Crippen LogP contribution in [-0.2, 0) is 6.42 Å². The van der Waals surface area contributed by atoms with Gasteiger partial charge in [-0.25, -0.2) is 0 Å². The molecule has 0 spiro atoms. The van der Waals surface area contributed by atoms with E-state index in [2.05, 4.69) is 56.3 Å². The molecule has 2 unspecified atom stereocenters. The summed E-state index contributed by atoms with van der Waals surface area (Å²) in [6, 6.07) is 15.2. The molecule has 2 aromatic rings. The van der Waals surface area contributed by atoms with Gasteiger partial charge >= 0.3 is 0 Å². The summed E-state index contributed by atoms with van der Waals surface area (Å²) in [5.74, 6) is 0.631. The highest BCUT2D eigenvalue weighted by Crippen LogP contribution is 2.44. The van der Waals surface area contributed by atoms with Crippen molar-refractivity contribution in [1.29, 1.82) is 0 Å². The Balaban J connectivity index is 1.84. The van der Waals surface area contributed by atoms with Crippen LogP contribution >= 0.6 is 11.6 Å². The van der Waals surface area contributed by atoms with Gasteiger partial charge in [0.05, 0.1) is 0 Å². The lowest BCUT2D eigenvalue weighted by atomic mass is 9.66. The largest absolute Gasteiger partial charge is 0.122 e. The third-order valence-corrected chi connectivity index (χ3v) is 5.78. The maximum absolute atomic E-state index is 6.88. The highest BCUT2D eigenvalue weighted by atomic mass is 35.5. The van der Waals surface area contributed by atoms with Crippen LogP contribution in [0.4, 0.5) is 0 Å². The molecule has 0 radical (unpaired) electrons. The van der Waals surface area contributed by atoms with Gasteiger partial charge < -0.3 is 0 Å². The smallest absolute Gasteiger partial charge is 0.0409 e. The van der Waals surface area contributed by atoms with Crippen molar-refractivity contribution in [3.05, 3.63) is 48.0 Å². The molecular weight excluding hydrogens is 276 g/mol. The summed E-state index contributed by atoms with van der Waals surface area (Å²) in [6.07, 6.45) is 6.29. The number of halogens is 1. The van der Waals surface area contributed by atoms with Crippen LogP contribution in [0.1, 0.15) is 45.1 Å². The summed E-state index contributed by atoms with van der Waals surface area (Å²) >= 11 is 6.88. The zero-order valence-electron chi connectivity index (χ0n) is 13.1. The molecule has 0 amide bonds. The summed E-state index contributed by atoms with van der Waals surface area (Å²) in [6.45, 7) is 4.80. The Morgan fingerprint density at radius 3 is 2.67 bits per heavy atom. The third kappa shape index (κ3) is 3.11. The fourth-order valence-corrected chi connectivity index (χ4v) is 4.65. The molecule has 1 saturated carbocycles. The monoisotopic (exact) mass is 300 g/mol. The van der Waals surface area contributed by atoms with Gasteiger partial charge in [-0.05, 0) is 46.9 Å². The molecular formula is C20H25Cl. The van der Waals surface area contributed by atoms with Crippen LogP contribution in [0.3, 0.4) is 0 Å². The van der Waals surface area contributed by atoms with E-state index in [1.165, 1.54) is 42.0 Å². The van der Waals surface area contributed by atoms with E-state index >= 15 is 0 Å². The summed E-state index contributed by atoms with van der Waals surface area (Å²) in [5.41, 5.74) is 1.78. The molecule has 1 aliphatic rings. The molecule has 2 atom stereocenters. The van der Waals surface area contributed by atoms with Crippen LogP contribution < -0.4 is 0 Å². The molecule has 0 saturated heterocycles. The summed E-state index contributed by atoms with van der Waals surface area (Å²) in [4.78, 5) is 0. The van der Waals surface area contributed by atoms with E-state index in [4.69, 9.17) is 11.6 Å². The van der Waals surface area contributed by atoms with Gasteiger partial charge in [0.1, 0.15) is 0 Å². The van der Waals surface area contributed by atoms with E-state index in [1.54, 1.807) is 0 Å². The van der Waals surface area contributed by atoms with Crippen LogP contribution in [0.5, 0.6) is 0 Å². The van der Waals surface area contributed by atoms with Gasteiger partial charge in [-0.3, -0.25) is 0 Å². The lowest BCUT2D eigenvalue weighted by molar-refractivity contribution is 0.133. The van der Waals surface area contributed by atoms with Crippen LogP contribution in [-0.4, -0.2) is 5.38 Å². The summed E-state index contributed by atoms with van der Waals surface area (Å²) in [7, 11) is 0. The van der Waals surface area contributed by atoms with Crippen molar-refractivity contribution in [3.8, 4) is 0 Å². The van der Waals surface area contributed by atoms with Crippen molar-refractivity contribution in [1.82, 2.24) is 0 Å². The third-order valence-electron chi connectivity index (χ3n) is 5.32. The normalized spacial score (nSPS) is 23.1. The molecule has 0 aliphatic heterocycles. The highest BCUT2D eigenvalue weighted by molar-refractivity contribution is 6.21. The molecule has 112 valence electrons. The zero-order chi connectivity index (χ0) is 14.9. The molecule has 0 heterocycles. The Bertz CT molecular complexity index is 609. The van der Waals surface area contributed by atoms with Crippen molar-refractivity contribution in [2.75, 3.05) is 0 Å². The van der Waals surface area contributed by atoms with Crippen LogP contribution in [0.25, 0.3) is 10.8 Å². The number of benzene rings is 2. The standard InChI is InChI=1S/C20H25Cl/c1-20(2)13-6-5-12-18(20)19(21)14-16-10-7-9-15-8-3-4-11-17(15)16/h3-4,7-11,18-19H,5-6,12-14H2,1-2H3. The second-order valence-corrected chi connectivity index (χ2v) is 7.76. The van der Waals surface area contributed by atoms with Gasteiger partial charge in [-0.2, -0.15) is 0 Å². The first-order valence-corrected chi connectivity index (χ1v) is 8.62. The number of fused-ring (bicyclic) bond motifs is 1. The fraction of sp³-hybridized carbons (Fsp3) is 0.500. The van der Waals surface area contributed by atoms with Crippen molar-refractivity contribution in [2.24, 2.45) is 11.3 Å². The van der Waals surface area contributed by atoms with E-state index in [0.29, 0.717) is 11.3 Å². The Labute approximate surface area is 133 Å². The van der Waals surface area contributed by atoms with Crippen LogP contribution in [0.15, 0.2) is 42.5 Å². The van der Waals surface area contributed by atoms with Crippen LogP contribution in [0, 0.1) is 11.3 Å². The minimum Gasteiger partial charge on any atom is -0.122 e. The van der Waals surface area contributed by atoms with E-state index in [1.807, 2.05) is 0 Å². The second kappa shape index (κ2) is 6.01. The van der Waals surface area contributed by atoms with E-state index < -0.39 is 0 Å². The first-order valence-electron chi connectivity index (χ1n) is 8.19. The van der Waals surface area contributed by atoms with Crippen molar-refractivity contribution >= 4 is 22.4 Å². The fourth-order valence-electron chi connectivity index (χ4n) is 4.01. The van der Waals surface area contributed by atoms with Gasteiger partial charge in [0, 0.05) is 5.38 Å². The Kier molecular flexibility index (Phi) is 4.26. The van der Waals surface area contributed by atoms with Crippen molar-refractivity contribution in [3.63, 3.8) is 0 Å². The molecule has 1 aliphatic carbocycles. The molecule has 0 N–H and O–H groups in total. The number of rotatable bonds is 3. The highest BCUT2D eigenvalue weighted by Gasteiger charge is 2.36. The molecule has 0 aromatic heterocycles. The molecule has 0 nitrogen and oxygen atoms in total. The lowest BCUT2D eigenvalue weighted by Gasteiger charge is -2.41. The van der Waals surface area contributed by atoms with E-state index in [0.717, 1.165) is 6.42 Å². The van der Waals surface area contributed by atoms with E-state index in [-0.39, 0.29) is 5.38 Å². The SMILES string of the molecule is CC1(C)CCCCC1C(Cl)Cc1cccc2ccccc12. The second-order valence-electron chi connectivity index (χ2n) is 7.20. The number of hydrogen-bond donors (Lipinski definition) is 0. The lowest BCUT2D eigenvalue weighted by Crippen LogP contribution is -2.35. The molecule has 2 aromatic carbocycles. The minimum absolute atomic E-state index is 0.242. The molecule has 1 fully saturated rings. The average Bonchev–Trinajstić information content (AvgIpc) is 2.47. The van der Waals surface area contributed by atoms with Gasteiger partial charge in [0.25, 0.3) is 0 Å². The van der Waals surface area contributed by atoms with Crippen molar-refractivity contribution in [2.45, 2.75) is 51.3 Å². The predicted octanol–water partition coefficient (Wildman–Crippen LogP) is 6.21. The van der Waals surface area contributed by atoms with Crippen LogP contribution in [0.2, 0.25) is 0 Å². The maximum Gasteiger partial charge on any atom is 0.0409 e. The summed E-state index contributed by atoms with van der Waals surface area (Å²) in [5, 5.41) is 2.92. The number of alkyl halides is 1. The van der Waals surface area contributed by atoms with Crippen molar-refractivity contribution < 1.29 is 0 Å². The minimum atomic E-state index is 0.242. The molecule has 3 rings (SSSR count). The van der Waals surface area contributed by atoms with E-state index in [9.17, 15) is 0 Å². The average molecular weight is 301 g/mol. The first-order chi connectivity index (χ1) is 10.1. The topological polar surface area (TPSA) is 0 Å². The maximum atomic E-state index is 6.88. The zero-order valence-corrected chi connectivity index (χ0v) is 13.9. The number of hydrogen-bond acceptors (Lipinski definition) is 0. The summed E-state index contributed by atoms with van der Waals surface area (Å²) < 4.78 is 0. The molecule has 21 heavy (non-hydrogen) atoms. The van der Waals surface area contributed by atoms with Gasteiger partial charge in [0.2, 0.25) is 0 Å². The Hall–Kier alpha value is -1.01. The Morgan fingerprint density at radius 2 is 1.86 bits per heavy atom. The predicted molar refractivity (Wildman–Crippen MR) is 93.0 cm³/mol.